The molecular weight excluding hydrogens is 234 g/mol. The maximum atomic E-state index is 9.13. The van der Waals surface area contributed by atoms with Gasteiger partial charge in [-0.05, 0) is 25.7 Å². The van der Waals surface area contributed by atoms with Crippen molar-refractivity contribution >= 4 is 16.5 Å². The largest absolute Gasteiger partial charge is 0.383 e. The molecule has 19 heavy (non-hydrogen) atoms. The van der Waals surface area contributed by atoms with Crippen molar-refractivity contribution in [3.05, 3.63) is 42.0 Å². The fourth-order valence-electron chi connectivity index (χ4n) is 2.09. The number of hydrogen-bond acceptors (Lipinski definition) is 3. The van der Waals surface area contributed by atoms with Crippen molar-refractivity contribution in [1.82, 2.24) is 4.90 Å². The van der Waals surface area contributed by atoms with Crippen LogP contribution >= 0.6 is 0 Å². The number of hydrogen-bond donors (Lipinski definition) is 1. The molecule has 0 aromatic heterocycles. The number of nitrogens with zero attached hydrogens (tertiary/aromatic N) is 2. The first-order chi connectivity index (χ1) is 9.26. The smallest absolute Gasteiger partial charge is 0.0998 e. The Balaban J connectivity index is 2.23. The topological polar surface area (TPSA) is 39.1 Å². The van der Waals surface area contributed by atoms with Gasteiger partial charge in [0.25, 0.3) is 0 Å². The Morgan fingerprint density at radius 1 is 1.16 bits per heavy atom. The van der Waals surface area contributed by atoms with Gasteiger partial charge in [-0.3, -0.25) is 0 Å². The number of fused-ring (bicyclic) bond motifs is 1. The van der Waals surface area contributed by atoms with Crippen LogP contribution in [0.15, 0.2) is 36.4 Å². The highest BCUT2D eigenvalue weighted by atomic mass is 15.1. The molecule has 0 spiro atoms. The zero-order valence-electron chi connectivity index (χ0n) is 11.5. The molecule has 0 amide bonds. The Morgan fingerprint density at radius 2 is 1.89 bits per heavy atom. The second-order valence-corrected chi connectivity index (χ2v) is 4.64. The first-order valence-electron chi connectivity index (χ1n) is 6.60. The first-order valence-corrected chi connectivity index (χ1v) is 6.60. The number of anilines is 1. The zero-order chi connectivity index (χ0) is 13.7. The third-order valence-electron chi connectivity index (χ3n) is 3.39. The fraction of sp³-hybridized carbons (Fsp3) is 0.312. The van der Waals surface area contributed by atoms with E-state index in [1.165, 1.54) is 0 Å². The maximum Gasteiger partial charge on any atom is 0.0998 e. The van der Waals surface area contributed by atoms with E-state index in [4.69, 9.17) is 5.26 Å². The molecule has 0 heterocycles. The summed E-state index contributed by atoms with van der Waals surface area (Å²) in [6.07, 6.45) is 0. The number of rotatable bonds is 5. The third-order valence-corrected chi connectivity index (χ3v) is 3.39. The van der Waals surface area contributed by atoms with E-state index in [2.05, 4.69) is 36.3 Å². The Hall–Kier alpha value is -2.05. The molecular formula is C16H19N3. The van der Waals surface area contributed by atoms with Crippen molar-refractivity contribution in [1.29, 1.82) is 5.26 Å². The summed E-state index contributed by atoms with van der Waals surface area (Å²) in [5.41, 5.74) is 1.82. The highest BCUT2D eigenvalue weighted by molar-refractivity contribution is 5.97. The number of benzene rings is 2. The van der Waals surface area contributed by atoms with Crippen molar-refractivity contribution in [2.45, 2.75) is 6.92 Å². The third kappa shape index (κ3) is 3.04. The van der Waals surface area contributed by atoms with Gasteiger partial charge in [0.05, 0.1) is 11.6 Å². The Kier molecular flexibility index (Phi) is 4.38. The van der Waals surface area contributed by atoms with E-state index < -0.39 is 0 Å². The number of nitrogens with one attached hydrogen (secondary N) is 1. The minimum atomic E-state index is 0.729. The second kappa shape index (κ2) is 6.21. The van der Waals surface area contributed by atoms with Crippen molar-refractivity contribution in [3.8, 4) is 6.07 Å². The summed E-state index contributed by atoms with van der Waals surface area (Å²) in [7, 11) is 2.11. The molecule has 3 nitrogen and oxygen atoms in total. The summed E-state index contributed by atoms with van der Waals surface area (Å²) >= 11 is 0. The van der Waals surface area contributed by atoms with E-state index in [-0.39, 0.29) is 0 Å². The van der Waals surface area contributed by atoms with E-state index in [0.29, 0.717) is 0 Å². The van der Waals surface area contributed by atoms with Gasteiger partial charge >= 0.3 is 0 Å². The molecule has 0 fully saturated rings. The van der Waals surface area contributed by atoms with Gasteiger partial charge in [-0.15, -0.1) is 0 Å². The summed E-state index contributed by atoms with van der Waals surface area (Å²) in [6, 6.07) is 14.2. The quantitative estimate of drug-likeness (QED) is 0.890. The van der Waals surface area contributed by atoms with Crippen molar-refractivity contribution in [3.63, 3.8) is 0 Å². The summed E-state index contributed by atoms with van der Waals surface area (Å²) in [5.74, 6) is 0. The van der Waals surface area contributed by atoms with Crippen LogP contribution in [0.25, 0.3) is 10.8 Å². The molecule has 0 aliphatic heterocycles. The van der Waals surface area contributed by atoms with Crippen LogP contribution in [-0.2, 0) is 0 Å². The molecule has 3 heteroatoms. The Bertz CT molecular complexity index is 598. The van der Waals surface area contributed by atoms with Crippen molar-refractivity contribution in [2.75, 3.05) is 32.0 Å². The molecule has 0 aliphatic rings. The molecule has 2 rings (SSSR count). The van der Waals surface area contributed by atoms with Crippen LogP contribution in [0.4, 0.5) is 5.69 Å². The predicted octanol–water partition coefficient (Wildman–Crippen LogP) is 3.08. The van der Waals surface area contributed by atoms with Gasteiger partial charge in [-0.25, -0.2) is 0 Å². The molecule has 1 N–H and O–H groups in total. The standard InChI is InChI=1S/C16H19N3/c1-3-19(2)11-10-18-16-9-8-13(12-17)14-6-4-5-7-15(14)16/h4-9,18H,3,10-11H2,1-2H3. The van der Waals surface area contributed by atoms with E-state index in [9.17, 15) is 0 Å². The number of likely N-dealkylation sites (N-methyl/N-ethyl adjacent to an activating group) is 1. The van der Waals surface area contributed by atoms with Gasteiger partial charge in [0.15, 0.2) is 0 Å². The monoisotopic (exact) mass is 253 g/mol. The molecule has 0 radical (unpaired) electrons. The highest BCUT2D eigenvalue weighted by Gasteiger charge is 2.04. The minimum Gasteiger partial charge on any atom is -0.383 e. The minimum absolute atomic E-state index is 0.729. The van der Waals surface area contributed by atoms with Gasteiger partial charge in [0.1, 0.15) is 0 Å². The zero-order valence-corrected chi connectivity index (χ0v) is 11.5. The van der Waals surface area contributed by atoms with Crippen LogP contribution in [0.3, 0.4) is 0 Å². The lowest BCUT2D eigenvalue weighted by Crippen LogP contribution is -2.24. The summed E-state index contributed by atoms with van der Waals surface area (Å²) in [4.78, 5) is 2.26. The summed E-state index contributed by atoms with van der Waals surface area (Å²) < 4.78 is 0. The van der Waals surface area contributed by atoms with Crippen molar-refractivity contribution in [2.24, 2.45) is 0 Å². The van der Waals surface area contributed by atoms with Gasteiger partial charge in [-0.1, -0.05) is 31.2 Å². The molecule has 0 atom stereocenters. The molecule has 0 saturated heterocycles. The lowest BCUT2D eigenvalue weighted by Gasteiger charge is -2.16. The predicted molar refractivity (Wildman–Crippen MR) is 80.3 cm³/mol. The SMILES string of the molecule is CCN(C)CCNc1ccc(C#N)c2ccccc12. The van der Waals surface area contributed by atoms with Crippen LogP contribution in [0.1, 0.15) is 12.5 Å². The maximum absolute atomic E-state index is 9.13. The van der Waals surface area contributed by atoms with E-state index in [0.717, 1.165) is 41.7 Å². The van der Waals surface area contributed by atoms with Crippen LogP contribution in [0.5, 0.6) is 0 Å². The Morgan fingerprint density at radius 3 is 2.58 bits per heavy atom. The van der Waals surface area contributed by atoms with Crippen LogP contribution in [-0.4, -0.2) is 31.6 Å². The van der Waals surface area contributed by atoms with Crippen LogP contribution in [0, 0.1) is 11.3 Å². The summed E-state index contributed by atoms with van der Waals surface area (Å²) in [6.45, 7) is 5.11. The molecule has 2 aromatic carbocycles. The first kappa shape index (κ1) is 13.4. The molecule has 98 valence electrons. The summed E-state index contributed by atoms with van der Waals surface area (Å²) in [5, 5.41) is 14.7. The average Bonchev–Trinajstić information content (AvgIpc) is 2.47. The highest BCUT2D eigenvalue weighted by Crippen LogP contribution is 2.26. The lowest BCUT2D eigenvalue weighted by atomic mass is 10.0. The van der Waals surface area contributed by atoms with E-state index in [1.807, 2.05) is 30.3 Å². The normalized spacial score (nSPS) is 10.6. The van der Waals surface area contributed by atoms with Crippen LogP contribution in [0.2, 0.25) is 0 Å². The van der Waals surface area contributed by atoms with Crippen molar-refractivity contribution < 1.29 is 0 Å². The molecule has 0 bridgehead atoms. The lowest BCUT2D eigenvalue weighted by molar-refractivity contribution is 0.367. The van der Waals surface area contributed by atoms with Gasteiger partial charge in [-0.2, -0.15) is 5.26 Å². The molecule has 0 unspecified atom stereocenters. The molecule has 0 saturated carbocycles. The van der Waals surface area contributed by atoms with Gasteiger partial charge < -0.3 is 10.2 Å². The van der Waals surface area contributed by atoms with Crippen LogP contribution < -0.4 is 5.32 Å². The molecule has 2 aromatic rings. The van der Waals surface area contributed by atoms with Gasteiger partial charge in [0, 0.05) is 29.5 Å². The fourth-order valence-corrected chi connectivity index (χ4v) is 2.09. The van der Waals surface area contributed by atoms with E-state index >= 15 is 0 Å². The number of nitriles is 1. The average molecular weight is 253 g/mol. The van der Waals surface area contributed by atoms with E-state index in [1.54, 1.807) is 0 Å². The second-order valence-electron chi connectivity index (χ2n) is 4.64. The van der Waals surface area contributed by atoms with Gasteiger partial charge in [0.2, 0.25) is 0 Å². The molecule has 0 aliphatic carbocycles. The Labute approximate surface area is 114 Å².